The van der Waals surface area contributed by atoms with Crippen LogP contribution in [-0.4, -0.2) is 102 Å². The second-order valence-corrected chi connectivity index (χ2v) is 4.62. The van der Waals surface area contributed by atoms with Crippen molar-refractivity contribution >= 4 is 74.9 Å². The first-order valence-corrected chi connectivity index (χ1v) is 7.62. The molecule has 13 nitrogen and oxygen atoms in total. The summed E-state index contributed by atoms with van der Waals surface area (Å²) in [6, 6.07) is 0. The van der Waals surface area contributed by atoms with Crippen LogP contribution in [0, 0.1) is 0 Å². The summed E-state index contributed by atoms with van der Waals surface area (Å²) >= 11 is 0. The Bertz CT molecular complexity index is 213. The molecule has 0 saturated carbocycles. The van der Waals surface area contributed by atoms with Crippen LogP contribution in [0.15, 0.2) is 0 Å². The molecule has 0 bridgehead atoms. The van der Waals surface area contributed by atoms with Crippen molar-refractivity contribution < 1.29 is 57.7 Å². The van der Waals surface area contributed by atoms with Gasteiger partial charge in [0, 0.05) is 0 Å². The Morgan fingerprint density at radius 1 is 0.556 bits per heavy atom. The molecule has 0 unspecified atom stereocenters. The minimum absolute atomic E-state index is 0. The summed E-state index contributed by atoms with van der Waals surface area (Å²) in [6.07, 6.45) is 0. The molecule has 0 aliphatic carbocycles. The second kappa shape index (κ2) is 15.3. The van der Waals surface area contributed by atoms with Gasteiger partial charge in [0.05, 0.1) is 0 Å². The Morgan fingerprint density at radius 3 is 0.556 bits per heavy atom. The van der Waals surface area contributed by atoms with E-state index in [9.17, 15) is 0 Å². The monoisotopic (exact) mass is 365 g/mol. The molecule has 11 N–H and O–H groups in total. The van der Waals surface area contributed by atoms with Crippen molar-refractivity contribution in [1.82, 2.24) is 0 Å². The summed E-state index contributed by atoms with van der Waals surface area (Å²) < 4.78 is 26.6. The van der Waals surface area contributed by atoms with Crippen molar-refractivity contribution in [2.75, 3.05) is 7.05 Å². The molecular formula is CH15KNO12P3. The fourth-order valence-electron chi connectivity index (χ4n) is 0. The van der Waals surface area contributed by atoms with E-state index in [1.165, 1.54) is 7.05 Å². The van der Waals surface area contributed by atoms with Crippen LogP contribution in [0.5, 0.6) is 0 Å². The van der Waals surface area contributed by atoms with E-state index in [1.807, 2.05) is 0 Å². The SMILES string of the molecule is CN.O=P(O)(O)O.O=P(O)(O)O.O=P(O)(O)O.[KH]. The molecule has 17 heteroatoms. The summed E-state index contributed by atoms with van der Waals surface area (Å²) in [5.74, 6) is 0. The molecule has 0 aliphatic rings. The zero-order valence-electron chi connectivity index (χ0n) is 8.17. The molecule has 0 aromatic carbocycles. The summed E-state index contributed by atoms with van der Waals surface area (Å²) in [5, 5.41) is 0. The molecule has 0 atom stereocenters. The van der Waals surface area contributed by atoms with E-state index in [4.69, 9.17) is 57.7 Å². The summed E-state index contributed by atoms with van der Waals surface area (Å²) in [6.45, 7) is 0. The van der Waals surface area contributed by atoms with E-state index in [0.717, 1.165) is 0 Å². The minimum atomic E-state index is -4.64. The van der Waals surface area contributed by atoms with Crippen LogP contribution in [0.2, 0.25) is 0 Å². The van der Waals surface area contributed by atoms with Crippen LogP contribution in [0.3, 0.4) is 0 Å². The van der Waals surface area contributed by atoms with Crippen LogP contribution in [0.1, 0.15) is 0 Å². The van der Waals surface area contributed by atoms with Crippen molar-refractivity contribution in [2.45, 2.75) is 0 Å². The Morgan fingerprint density at radius 2 is 0.556 bits per heavy atom. The van der Waals surface area contributed by atoms with Gasteiger partial charge in [-0.3, -0.25) is 0 Å². The molecule has 0 spiro atoms. The molecule has 0 aromatic rings. The van der Waals surface area contributed by atoms with Gasteiger partial charge in [0.2, 0.25) is 0 Å². The number of phosphoric acid groups is 3. The van der Waals surface area contributed by atoms with E-state index in [2.05, 4.69) is 5.73 Å². The molecule has 0 fully saturated rings. The van der Waals surface area contributed by atoms with Gasteiger partial charge in [-0.25, -0.2) is 13.7 Å². The molecule has 0 radical (unpaired) electrons. The number of hydrogen-bond acceptors (Lipinski definition) is 4. The van der Waals surface area contributed by atoms with Gasteiger partial charge < -0.3 is 49.8 Å². The quantitative estimate of drug-likeness (QED) is 0.146. The van der Waals surface area contributed by atoms with E-state index in [0.29, 0.717) is 0 Å². The summed E-state index contributed by atoms with van der Waals surface area (Å²) in [7, 11) is -12.4. The van der Waals surface area contributed by atoms with Gasteiger partial charge in [0.25, 0.3) is 0 Å². The van der Waals surface area contributed by atoms with E-state index < -0.39 is 23.5 Å². The number of hydrogen-bond donors (Lipinski definition) is 10. The molecule has 112 valence electrons. The van der Waals surface area contributed by atoms with Crippen LogP contribution >= 0.6 is 23.5 Å². The Labute approximate surface area is 144 Å². The second-order valence-electron chi connectivity index (χ2n) is 1.54. The van der Waals surface area contributed by atoms with E-state index in [1.54, 1.807) is 0 Å². The number of rotatable bonds is 0. The maximum absolute atomic E-state index is 8.88. The van der Waals surface area contributed by atoms with Gasteiger partial charge in [0.15, 0.2) is 0 Å². The van der Waals surface area contributed by atoms with Crippen LogP contribution < -0.4 is 5.73 Å². The first-order chi connectivity index (χ1) is 7.00. The Kier molecular flexibility index (Phi) is 27.3. The molecule has 0 aliphatic heterocycles. The summed E-state index contributed by atoms with van der Waals surface area (Å²) in [5.41, 5.74) is 4.50. The summed E-state index contributed by atoms with van der Waals surface area (Å²) in [4.78, 5) is 64.7. The predicted molar refractivity (Wildman–Crippen MR) is 60.0 cm³/mol. The van der Waals surface area contributed by atoms with Crippen molar-refractivity contribution in [3.05, 3.63) is 0 Å². The van der Waals surface area contributed by atoms with Gasteiger partial charge in [-0.1, -0.05) is 0 Å². The van der Waals surface area contributed by atoms with E-state index in [-0.39, 0.29) is 51.4 Å². The number of nitrogens with two attached hydrogens (primary N) is 1. The molecule has 0 rings (SSSR count). The zero-order chi connectivity index (χ0) is 15.5. The first-order valence-electron chi connectivity index (χ1n) is 2.93. The first kappa shape index (κ1) is 32.0. The molecule has 0 amide bonds. The third kappa shape index (κ3) is 1380. The van der Waals surface area contributed by atoms with Crippen LogP contribution in [0.25, 0.3) is 0 Å². The van der Waals surface area contributed by atoms with Crippen LogP contribution in [0.4, 0.5) is 0 Å². The normalized spacial score (nSPS) is 10.2. The van der Waals surface area contributed by atoms with Crippen molar-refractivity contribution in [3.63, 3.8) is 0 Å². The molecule has 18 heavy (non-hydrogen) atoms. The van der Waals surface area contributed by atoms with Gasteiger partial charge in [-0.2, -0.15) is 0 Å². The van der Waals surface area contributed by atoms with Gasteiger partial charge in [-0.05, 0) is 7.05 Å². The fraction of sp³-hybridized carbons (Fsp3) is 1.00. The maximum atomic E-state index is 8.88. The van der Waals surface area contributed by atoms with Crippen molar-refractivity contribution in [3.8, 4) is 0 Å². The van der Waals surface area contributed by atoms with Gasteiger partial charge >= 0.3 is 74.9 Å². The topological polar surface area (TPSA) is 259 Å². The Balaban J connectivity index is -0.0000000427. The van der Waals surface area contributed by atoms with Gasteiger partial charge in [-0.15, -0.1) is 0 Å². The van der Waals surface area contributed by atoms with E-state index >= 15 is 0 Å². The predicted octanol–water partition coefficient (Wildman–Crippen LogP) is -3.86. The average Bonchev–Trinajstić information content (AvgIpc) is 1.77. The fourth-order valence-corrected chi connectivity index (χ4v) is 0. The molecule has 0 heterocycles. The Hall–Kier alpha value is 1.93. The van der Waals surface area contributed by atoms with Gasteiger partial charge in [0.1, 0.15) is 0 Å². The van der Waals surface area contributed by atoms with Crippen molar-refractivity contribution in [1.29, 1.82) is 0 Å². The standard InChI is InChI=1S/CH5N.K.3H3O4P.H/c1-2;;3*1-5(2,3)4;/h2H2,1H3;;3*(H3,1,2,3,4);. The molecule has 0 aromatic heterocycles. The third-order valence-electron chi connectivity index (χ3n) is 0. The third-order valence-corrected chi connectivity index (χ3v) is 0. The average molecular weight is 365 g/mol. The van der Waals surface area contributed by atoms with Crippen LogP contribution in [-0.2, 0) is 13.7 Å². The molecular weight excluding hydrogens is 350 g/mol. The molecule has 0 saturated heterocycles. The van der Waals surface area contributed by atoms with Crippen molar-refractivity contribution in [2.24, 2.45) is 5.73 Å². The zero-order valence-corrected chi connectivity index (χ0v) is 10.9.